The van der Waals surface area contributed by atoms with Crippen LogP contribution in [0.4, 0.5) is 0 Å². The van der Waals surface area contributed by atoms with Gasteiger partial charge in [-0.15, -0.1) is 0 Å². The van der Waals surface area contributed by atoms with E-state index in [0.29, 0.717) is 25.9 Å². The van der Waals surface area contributed by atoms with E-state index in [4.69, 9.17) is 4.74 Å². The van der Waals surface area contributed by atoms with Crippen molar-refractivity contribution in [2.24, 2.45) is 5.41 Å². The molecule has 2 rings (SSSR count). The second-order valence-corrected chi connectivity index (χ2v) is 8.28. The Morgan fingerprint density at radius 1 is 1.43 bits per heavy atom. The Morgan fingerprint density at radius 2 is 2.17 bits per heavy atom. The van der Waals surface area contributed by atoms with Crippen molar-refractivity contribution >= 4 is 15.9 Å². The Labute approximate surface area is 137 Å². The first kappa shape index (κ1) is 17.7. The van der Waals surface area contributed by atoms with Crippen molar-refractivity contribution in [2.75, 3.05) is 26.5 Å². The Bertz CT molecular complexity index is 674. The van der Waals surface area contributed by atoms with Crippen LogP contribution in [0.2, 0.25) is 0 Å². The van der Waals surface area contributed by atoms with Gasteiger partial charge in [-0.25, -0.2) is 12.7 Å². The molecule has 0 saturated carbocycles. The maximum atomic E-state index is 12.6. The fourth-order valence-electron chi connectivity index (χ4n) is 2.84. The van der Waals surface area contributed by atoms with Crippen molar-refractivity contribution in [3.05, 3.63) is 29.8 Å². The van der Waals surface area contributed by atoms with Gasteiger partial charge in [-0.2, -0.15) is 0 Å². The molecule has 0 aromatic heterocycles. The summed E-state index contributed by atoms with van der Waals surface area (Å²) in [7, 11) is -1.67. The molecule has 1 N–H and O–H groups in total. The number of nitrogens with one attached hydrogen (secondary N) is 1. The first-order chi connectivity index (χ1) is 10.7. The fraction of sp³-hybridized carbons (Fsp3) is 0.562. The first-order valence-electron chi connectivity index (χ1n) is 7.61. The molecule has 0 bridgehead atoms. The van der Waals surface area contributed by atoms with E-state index in [9.17, 15) is 13.2 Å². The van der Waals surface area contributed by atoms with Gasteiger partial charge in [-0.3, -0.25) is 4.79 Å². The van der Waals surface area contributed by atoms with Crippen molar-refractivity contribution in [1.29, 1.82) is 0 Å². The van der Waals surface area contributed by atoms with Crippen LogP contribution in [0.1, 0.15) is 25.3 Å². The molecule has 1 fully saturated rings. The molecule has 1 atom stereocenters. The van der Waals surface area contributed by atoms with Crippen LogP contribution in [-0.4, -0.2) is 45.1 Å². The summed E-state index contributed by atoms with van der Waals surface area (Å²) in [4.78, 5) is 12.6. The maximum absolute atomic E-state index is 12.6. The Balaban J connectivity index is 2.01. The highest BCUT2D eigenvalue weighted by molar-refractivity contribution is 7.88. The zero-order valence-corrected chi connectivity index (χ0v) is 14.6. The van der Waals surface area contributed by atoms with Crippen molar-refractivity contribution in [3.8, 4) is 5.75 Å². The highest BCUT2D eigenvalue weighted by Gasteiger charge is 2.40. The number of rotatable bonds is 5. The van der Waals surface area contributed by atoms with E-state index in [2.05, 4.69) is 5.32 Å². The molecule has 128 valence electrons. The minimum atomic E-state index is -3.27. The van der Waals surface area contributed by atoms with Gasteiger partial charge in [0, 0.05) is 19.6 Å². The van der Waals surface area contributed by atoms with Gasteiger partial charge >= 0.3 is 0 Å². The maximum Gasteiger partial charge on any atom is 0.227 e. The molecule has 0 radical (unpaired) electrons. The summed E-state index contributed by atoms with van der Waals surface area (Å²) in [5, 5.41) is 2.92. The topological polar surface area (TPSA) is 75.7 Å². The summed E-state index contributed by atoms with van der Waals surface area (Å²) in [6.45, 7) is 2.93. The number of carbonyl (C=O) groups is 1. The summed E-state index contributed by atoms with van der Waals surface area (Å²) in [5.41, 5.74) is 0.247. The number of carbonyl (C=O) groups excluding carboxylic acids is 1. The van der Waals surface area contributed by atoms with Crippen LogP contribution < -0.4 is 10.1 Å². The quantitative estimate of drug-likeness (QED) is 0.878. The number of amides is 1. The van der Waals surface area contributed by atoms with Crippen LogP contribution in [0.3, 0.4) is 0 Å². The smallest absolute Gasteiger partial charge is 0.227 e. The van der Waals surface area contributed by atoms with E-state index in [1.807, 2.05) is 31.2 Å². The van der Waals surface area contributed by atoms with Gasteiger partial charge in [0.05, 0.1) is 18.8 Å². The van der Waals surface area contributed by atoms with Crippen molar-refractivity contribution < 1.29 is 17.9 Å². The van der Waals surface area contributed by atoms with Gasteiger partial charge in [0.1, 0.15) is 5.75 Å². The normalized spacial score (nSPS) is 22.6. The average molecular weight is 340 g/mol. The van der Waals surface area contributed by atoms with Crippen molar-refractivity contribution in [3.63, 3.8) is 0 Å². The summed E-state index contributed by atoms with van der Waals surface area (Å²) < 4.78 is 30.0. The summed E-state index contributed by atoms with van der Waals surface area (Å²) >= 11 is 0. The molecule has 0 spiro atoms. The van der Waals surface area contributed by atoms with E-state index in [0.717, 1.165) is 11.3 Å². The fourth-order valence-corrected chi connectivity index (χ4v) is 3.82. The average Bonchev–Trinajstić information content (AvgIpc) is 2.52. The largest absolute Gasteiger partial charge is 0.497 e. The molecular weight excluding hydrogens is 316 g/mol. The number of ether oxygens (including phenoxy) is 1. The molecule has 1 aliphatic heterocycles. The number of hydrogen-bond acceptors (Lipinski definition) is 4. The minimum Gasteiger partial charge on any atom is -0.497 e. The molecule has 1 amide bonds. The monoisotopic (exact) mass is 340 g/mol. The zero-order chi connectivity index (χ0) is 17.1. The predicted octanol–water partition coefficient (Wildman–Crippen LogP) is 1.37. The highest BCUT2D eigenvalue weighted by Crippen LogP contribution is 2.31. The highest BCUT2D eigenvalue weighted by atomic mass is 32.2. The number of benzene rings is 1. The molecule has 1 aromatic rings. The molecule has 1 aromatic carbocycles. The van der Waals surface area contributed by atoms with Gasteiger partial charge in [-0.1, -0.05) is 12.1 Å². The molecule has 1 heterocycles. The number of hydrogen-bond donors (Lipinski definition) is 1. The van der Waals surface area contributed by atoms with Gasteiger partial charge in [0.2, 0.25) is 15.9 Å². The lowest BCUT2D eigenvalue weighted by Crippen LogP contribution is -2.51. The van der Waals surface area contributed by atoms with Crippen LogP contribution in [0.5, 0.6) is 5.75 Å². The molecule has 7 heteroatoms. The van der Waals surface area contributed by atoms with Crippen LogP contribution in [0, 0.1) is 5.41 Å². The Morgan fingerprint density at radius 3 is 2.83 bits per heavy atom. The third kappa shape index (κ3) is 4.45. The van der Waals surface area contributed by atoms with E-state index in [1.54, 1.807) is 7.11 Å². The molecule has 23 heavy (non-hydrogen) atoms. The lowest BCUT2D eigenvalue weighted by atomic mass is 9.82. The second-order valence-electron chi connectivity index (χ2n) is 6.29. The lowest BCUT2D eigenvalue weighted by Gasteiger charge is -2.38. The van der Waals surface area contributed by atoms with Crippen molar-refractivity contribution in [1.82, 2.24) is 9.62 Å². The third-order valence-corrected chi connectivity index (χ3v) is 5.52. The number of nitrogens with zero attached hydrogens (tertiary/aromatic N) is 1. The minimum absolute atomic E-state index is 0.117. The van der Waals surface area contributed by atoms with E-state index in [-0.39, 0.29) is 12.5 Å². The van der Waals surface area contributed by atoms with Crippen molar-refractivity contribution in [2.45, 2.75) is 26.3 Å². The number of methoxy groups -OCH3 is 1. The summed E-state index contributed by atoms with van der Waals surface area (Å²) in [6.07, 6.45) is 2.56. The van der Waals surface area contributed by atoms with Crippen LogP contribution in [-0.2, 0) is 21.4 Å². The van der Waals surface area contributed by atoms with Crippen LogP contribution >= 0.6 is 0 Å². The zero-order valence-electron chi connectivity index (χ0n) is 13.8. The predicted molar refractivity (Wildman–Crippen MR) is 88.6 cm³/mol. The SMILES string of the molecule is COc1cccc(CNC(=O)C2(C)CCCN(S(C)(=O)=O)C2)c1. The lowest BCUT2D eigenvalue weighted by molar-refractivity contribution is -0.132. The summed E-state index contributed by atoms with van der Waals surface area (Å²) in [5.74, 6) is 0.623. The van der Waals surface area contributed by atoms with Gasteiger partial charge in [0.25, 0.3) is 0 Å². The first-order valence-corrected chi connectivity index (χ1v) is 9.46. The van der Waals surface area contributed by atoms with Gasteiger partial charge in [-0.05, 0) is 37.5 Å². The number of sulfonamides is 1. The van der Waals surface area contributed by atoms with E-state index < -0.39 is 15.4 Å². The van der Waals surface area contributed by atoms with Crippen LogP contribution in [0.15, 0.2) is 24.3 Å². The van der Waals surface area contributed by atoms with Gasteiger partial charge in [0.15, 0.2) is 0 Å². The van der Waals surface area contributed by atoms with E-state index >= 15 is 0 Å². The van der Waals surface area contributed by atoms with Gasteiger partial charge < -0.3 is 10.1 Å². The number of piperidine rings is 1. The second kappa shape index (κ2) is 6.88. The molecule has 1 saturated heterocycles. The Hall–Kier alpha value is -1.60. The van der Waals surface area contributed by atoms with Crippen LogP contribution in [0.25, 0.3) is 0 Å². The molecule has 1 aliphatic rings. The standard InChI is InChI=1S/C16H24N2O4S/c1-16(8-5-9-18(12-16)23(3,20)21)15(19)17-11-13-6-4-7-14(10-13)22-2/h4,6-7,10H,5,8-9,11-12H2,1-3H3,(H,17,19). The molecule has 6 nitrogen and oxygen atoms in total. The molecule has 1 unspecified atom stereocenters. The molecule has 0 aliphatic carbocycles. The summed E-state index contributed by atoms with van der Waals surface area (Å²) in [6, 6.07) is 7.49. The third-order valence-electron chi connectivity index (χ3n) is 4.27. The Kier molecular flexibility index (Phi) is 5.31. The molecular formula is C16H24N2O4S. The van der Waals surface area contributed by atoms with E-state index in [1.165, 1.54) is 10.6 Å².